The van der Waals surface area contributed by atoms with Gasteiger partial charge in [0.1, 0.15) is 5.69 Å². The highest BCUT2D eigenvalue weighted by molar-refractivity contribution is 6.05. The number of carboxylic acids is 1. The minimum atomic E-state index is -1.12. The average molecular weight is 288 g/mol. The predicted molar refractivity (Wildman–Crippen MR) is 72.2 cm³/mol. The van der Waals surface area contributed by atoms with Gasteiger partial charge in [0.15, 0.2) is 0 Å². The standard InChI is InChI=1S/C15H16N2O4/c18-13-10-5-1-2-6-11(10)14(19)17(13)8-9-4-3-7-12(16-9)15(20)21/h3-4,7,10-11H,1-2,5-6,8H2,(H,20,21). The van der Waals surface area contributed by atoms with Crippen LogP contribution < -0.4 is 0 Å². The Bertz CT molecular complexity index is 589. The Balaban J connectivity index is 1.81. The van der Waals surface area contributed by atoms with E-state index in [0.29, 0.717) is 5.69 Å². The molecule has 2 atom stereocenters. The van der Waals surface area contributed by atoms with Crippen LogP contribution >= 0.6 is 0 Å². The van der Waals surface area contributed by atoms with Crippen LogP contribution in [-0.4, -0.2) is 32.8 Å². The van der Waals surface area contributed by atoms with Gasteiger partial charge in [-0.2, -0.15) is 0 Å². The number of fused-ring (bicyclic) bond motifs is 1. The summed E-state index contributed by atoms with van der Waals surface area (Å²) in [6, 6.07) is 4.60. The van der Waals surface area contributed by atoms with Crippen LogP contribution in [0, 0.1) is 11.8 Å². The van der Waals surface area contributed by atoms with Gasteiger partial charge in [-0.3, -0.25) is 14.5 Å². The Morgan fingerprint density at radius 1 is 1.19 bits per heavy atom. The molecule has 2 unspecified atom stereocenters. The number of amides is 2. The van der Waals surface area contributed by atoms with Gasteiger partial charge in [-0.1, -0.05) is 18.9 Å². The van der Waals surface area contributed by atoms with E-state index < -0.39 is 5.97 Å². The number of rotatable bonds is 3. The molecule has 1 saturated carbocycles. The lowest BCUT2D eigenvalue weighted by molar-refractivity contribution is -0.140. The van der Waals surface area contributed by atoms with Crippen molar-refractivity contribution in [1.29, 1.82) is 0 Å². The van der Waals surface area contributed by atoms with Gasteiger partial charge in [-0.15, -0.1) is 0 Å². The quantitative estimate of drug-likeness (QED) is 0.851. The second-order valence-corrected chi connectivity index (χ2v) is 5.58. The second kappa shape index (κ2) is 5.27. The van der Waals surface area contributed by atoms with Crippen LogP contribution in [0.15, 0.2) is 18.2 Å². The topological polar surface area (TPSA) is 87.6 Å². The molecule has 21 heavy (non-hydrogen) atoms. The molecule has 6 heteroatoms. The zero-order valence-corrected chi connectivity index (χ0v) is 11.5. The molecule has 1 aromatic rings. The summed E-state index contributed by atoms with van der Waals surface area (Å²) in [7, 11) is 0. The fourth-order valence-electron chi connectivity index (χ4n) is 3.24. The maximum absolute atomic E-state index is 12.3. The van der Waals surface area contributed by atoms with E-state index in [-0.39, 0.29) is 35.9 Å². The molecule has 2 heterocycles. The fraction of sp³-hybridized carbons (Fsp3) is 0.467. The van der Waals surface area contributed by atoms with Crippen LogP contribution in [0.3, 0.4) is 0 Å². The van der Waals surface area contributed by atoms with Gasteiger partial charge in [0.2, 0.25) is 11.8 Å². The number of pyridine rings is 1. The smallest absolute Gasteiger partial charge is 0.354 e. The van der Waals surface area contributed by atoms with Crippen molar-refractivity contribution in [2.75, 3.05) is 0 Å². The van der Waals surface area contributed by atoms with Gasteiger partial charge in [0.25, 0.3) is 0 Å². The summed E-state index contributed by atoms with van der Waals surface area (Å²) < 4.78 is 0. The summed E-state index contributed by atoms with van der Waals surface area (Å²) in [5, 5.41) is 8.93. The van der Waals surface area contributed by atoms with E-state index in [4.69, 9.17) is 5.11 Å². The van der Waals surface area contributed by atoms with Crippen molar-refractivity contribution < 1.29 is 19.5 Å². The molecule has 1 aromatic heterocycles. The van der Waals surface area contributed by atoms with E-state index in [2.05, 4.69) is 4.98 Å². The molecule has 1 saturated heterocycles. The summed E-state index contributed by atoms with van der Waals surface area (Å²) in [6.45, 7) is 0.0613. The molecular weight excluding hydrogens is 272 g/mol. The number of hydrogen-bond acceptors (Lipinski definition) is 4. The largest absolute Gasteiger partial charge is 0.477 e. The van der Waals surface area contributed by atoms with E-state index in [0.717, 1.165) is 25.7 Å². The van der Waals surface area contributed by atoms with Gasteiger partial charge < -0.3 is 5.11 Å². The molecule has 0 radical (unpaired) electrons. The lowest BCUT2D eigenvalue weighted by Gasteiger charge is -2.19. The molecule has 0 bridgehead atoms. The minimum absolute atomic E-state index is 0.0613. The lowest BCUT2D eigenvalue weighted by atomic mass is 9.81. The third kappa shape index (κ3) is 2.41. The molecule has 2 fully saturated rings. The van der Waals surface area contributed by atoms with E-state index in [9.17, 15) is 14.4 Å². The predicted octanol–water partition coefficient (Wildman–Crippen LogP) is 1.45. The number of aromatic nitrogens is 1. The Morgan fingerprint density at radius 2 is 1.81 bits per heavy atom. The van der Waals surface area contributed by atoms with Crippen LogP contribution in [0.25, 0.3) is 0 Å². The Kier molecular flexibility index (Phi) is 3.45. The number of nitrogens with zero attached hydrogens (tertiary/aromatic N) is 2. The highest BCUT2D eigenvalue weighted by Gasteiger charge is 2.47. The zero-order valence-electron chi connectivity index (χ0n) is 11.5. The summed E-state index contributed by atoms with van der Waals surface area (Å²) in [4.78, 5) is 40.8. The highest BCUT2D eigenvalue weighted by Crippen LogP contribution is 2.38. The van der Waals surface area contributed by atoms with Gasteiger partial charge in [0, 0.05) is 0 Å². The van der Waals surface area contributed by atoms with Gasteiger partial charge in [0.05, 0.1) is 24.1 Å². The Labute approximate surface area is 121 Å². The number of carbonyl (C=O) groups is 3. The van der Waals surface area contributed by atoms with Crippen molar-refractivity contribution in [1.82, 2.24) is 9.88 Å². The van der Waals surface area contributed by atoms with Crippen LogP contribution in [0.4, 0.5) is 0 Å². The Hall–Kier alpha value is -2.24. The summed E-state index contributed by atoms with van der Waals surface area (Å²) in [5.41, 5.74) is 0.347. The molecular formula is C15H16N2O4. The number of imide groups is 1. The molecule has 1 N–H and O–H groups in total. The van der Waals surface area contributed by atoms with Crippen molar-refractivity contribution in [3.63, 3.8) is 0 Å². The number of aromatic carboxylic acids is 1. The number of likely N-dealkylation sites (tertiary alicyclic amines) is 1. The van der Waals surface area contributed by atoms with Gasteiger partial charge in [-0.25, -0.2) is 9.78 Å². The molecule has 0 aromatic carbocycles. The maximum atomic E-state index is 12.3. The van der Waals surface area contributed by atoms with Crippen molar-refractivity contribution in [3.05, 3.63) is 29.6 Å². The minimum Gasteiger partial charge on any atom is -0.477 e. The van der Waals surface area contributed by atoms with Crippen LogP contribution in [0.2, 0.25) is 0 Å². The van der Waals surface area contributed by atoms with E-state index in [1.807, 2.05) is 0 Å². The first-order chi connectivity index (χ1) is 10.1. The third-order valence-corrected chi connectivity index (χ3v) is 4.28. The van der Waals surface area contributed by atoms with Crippen molar-refractivity contribution >= 4 is 17.8 Å². The summed E-state index contributed by atoms with van der Waals surface area (Å²) >= 11 is 0. The second-order valence-electron chi connectivity index (χ2n) is 5.58. The fourth-order valence-corrected chi connectivity index (χ4v) is 3.24. The van der Waals surface area contributed by atoms with Crippen LogP contribution in [0.1, 0.15) is 41.9 Å². The SMILES string of the molecule is O=C(O)c1cccc(CN2C(=O)C3CCCCC3C2=O)n1. The van der Waals surface area contributed by atoms with Gasteiger partial charge in [-0.05, 0) is 25.0 Å². The Morgan fingerprint density at radius 3 is 2.38 bits per heavy atom. The first kappa shape index (κ1) is 13.7. The molecule has 2 amide bonds. The molecule has 6 nitrogen and oxygen atoms in total. The van der Waals surface area contributed by atoms with Gasteiger partial charge >= 0.3 is 5.97 Å². The first-order valence-electron chi connectivity index (χ1n) is 7.12. The van der Waals surface area contributed by atoms with E-state index in [1.54, 1.807) is 12.1 Å². The normalized spacial score (nSPS) is 25.0. The van der Waals surface area contributed by atoms with Crippen molar-refractivity contribution in [2.45, 2.75) is 32.2 Å². The zero-order chi connectivity index (χ0) is 15.0. The summed E-state index contributed by atoms with van der Waals surface area (Å²) in [5.74, 6) is -1.76. The molecule has 3 rings (SSSR count). The van der Waals surface area contributed by atoms with E-state index >= 15 is 0 Å². The number of carboxylic acid groups (broad SMARTS) is 1. The number of carbonyl (C=O) groups excluding carboxylic acids is 2. The average Bonchev–Trinajstić information content (AvgIpc) is 2.73. The molecule has 1 aliphatic heterocycles. The lowest BCUT2D eigenvalue weighted by Crippen LogP contribution is -2.31. The maximum Gasteiger partial charge on any atom is 0.354 e. The van der Waals surface area contributed by atoms with Crippen LogP contribution in [-0.2, 0) is 16.1 Å². The molecule has 110 valence electrons. The summed E-state index contributed by atoms with van der Waals surface area (Å²) in [6.07, 6.45) is 3.52. The molecule has 1 aliphatic carbocycles. The first-order valence-corrected chi connectivity index (χ1v) is 7.12. The van der Waals surface area contributed by atoms with E-state index in [1.165, 1.54) is 11.0 Å². The third-order valence-electron chi connectivity index (χ3n) is 4.28. The van der Waals surface area contributed by atoms with Crippen molar-refractivity contribution in [3.8, 4) is 0 Å². The highest BCUT2D eigenvalue weighted by atomic mass is 16.4. The number of hydrogen-bond donors (Lipinski definition) is 1. The molecule has 0 spiro atoms. The monoisotopic (exact) mass is 288 g/mol. The van der Waals surface area contributed by atoms with Crippen LogP contribution in [0.5, 0.6) is 0 Å². The van der Waals surface area contributed by atoms with Crippen molar-refractivity contribution in [2.24, 2.45) is 11.8 Å². The molecule has 2 aliphatic rings.